The Labute approximate surface area is 144 Å². The van der Waals surface area contributed by atoms with Crippen LogP contribution >= 0.6 is 11.6 Å². The first-order chi connectivity index (χ1) is 11.7. The first-order valence-electron chi connectivity index (χ1n) is 7.71. The third kappa shape index (κ3) is 2.67. The zero-order valence-corrected chi connectivity index (χ0v) is 13.6. The highest BCUT2D eigenvalue weighted by atomic mass is 35.5. The summed E-state index contributed by atoms with van der Waals surface area (Å²) < 4.78 is 1.74. The maximum atomic E-state index is 12.7. The highest BCUT2D eigenvalue weighted by Gasteiger charge is 2.45. The van der Waals surface area contributed by atoms with Crippen molar-refractivity contribution in [2.75, 3.05) is 0 Å². The number of hydrogen-bond acceptors (Lipinski definition) is 3. The number of nitrogens with zero attached hydrogens (tertiary/aromatic N) is 3. The van der Waals surface area contributed by atoms with E-state index in [1.165, 1.54) is 0 Å². The van der Waals surface area contributed by atoms with Gasteiger partial charge in [-0.2, -0.15) is 0 Å². The van der Waals surface area contributed by atoms with Crippen LogP contribution in [0, 0.1) is 0 Å². The Morgan fingerprint density at radius 2 is 1.79 bits per heavy atom. The van der Waals surface area contributed by atoms with Gasteiger partial charge in [-0.25, -0.2) is 0 Å². The lowest BCUT2D eigenvalue weighted by atomic mass is 10.0. The second-order valence-corrected chi connectivity index (χ2v) is 6.34. The topological polar surface area (TPSA) is 59.8 Å². The van der Waals surface area contributed by atoms with E-state index in [0.29, 0.717) is 10.6 Å². The molecule has 1 heterocycles. The summed E-state index contributed by atoms with van der Waals surface area (Å²) in [5.41, 5.74) is 2.16. The molecule has 0 saturated heterocycles. The lowest BCUT2D eigenvalue weighted by Gasteiger charge is -2.18. The number of carbonyl (C=O) groups excluding carboxylic acids is 1. The Kier molecular flexibility index (Phi) is 3.58. The van der Waals surface area contributed by atoms with Gasteiger partial charge in [-0.3, -0.25) is 9.36 Å². The summed E-state index contributed by atoms with van der Waals surface area (Å²) in [6.45, 7) is 0. The van der Waals surface area contributed by atoms with Gasteiger partial charge in [0.15, 0.2) is 0 Å². The van der Waals surface area contributed by atoms with E-state index in [4.69, 9.17) is 11.6 Å². The van der Waals surface area contributed by atoms with Crippen LogP contribution in [0.4, 0.5) is 0 Å². The summed E-state index contributed by atoms with van der Waals surface area (Å²) in [4.78, 5) is 12.7. The third-order valence-corrected chi connectivity index (χ3v) is 4.66. The van der Waals surface area contributed by atoms with Gasteiger partial charge in [0.1, 0.15) is 12.7 Å². The number of benzene rings is 2. The predicted molar refractivity (Wildman–Crippen MR) is 91.2 cm³/mol. The monoisotopic (exact) mass is 338 g/mol. The van der Waals surface area contributed by atoms with E-state index < -0.39 is 0 Å². The molecule has 3 aromatic rings. The SMILES string of the molecule is O=C(NC1(c2ccccc2)CC1)c1ccc(-n2cnnc2)cc1Cl. The van der Waals surface area contributed by atoms with Crippen LogP contribution in [-0.2, 0) is 5.54 Å². The molecule has 1 N–H and O–H groups in total. The van der Waals surface area contributed by atoms with Crippen molar-refractivity contribution in [2.45, 2.75) is 18.4 Å². The van der Waals surface area contributed by atoms with Crippen molar-refractivity contribution in [3.8, 4) is 5.69 Å². The van der Waals surface area contributed by atoms with Crippen molar-refractivity contribution in [3.63, 3.8) is 0 Å². The van der Waals surface area contributed by atoms with Gasteiger partial charge in [0, 0.05) is 5.69 Å². The van der Waals surface area contributed by atoms with Gasteiger partial charge >= 0.3 is 0 Å². The molecule has 0 unspecified atom stereocenters. The van der Waals surface area contributed by atoms with E-state index in [0.717, 1.165) is 24.1 Å². The van der Waals surface area contributed by atoms with E-state index in [1.54, 1.807) is 29.4 Å². The maximum absolute atomic E-state index is 12.7. The summed E-state index contributed by atoms with van der Waals surface area (Å²) in [5.74, 6) is -0.156. The summed E-state index contributed by atoms with van der Waals surface area (Å²) in [6.07, 6.45) is 5.05. The highest BCUT2D eigenvalue weighted by molar-refractivity contribution is 6.34. The molecule has 4 rings (SSSR count). The molecule has 1 fully saturated rings. The first kappa shape index (κ1) is 14.9. The van der Waals surface area contributed by atoms with Crippen LogP contribution in [0.5, 0.6) is 0 Å². The standard InChI is InChI=1S/C18H15ClN4O/c19-16-10-14(23-11-20-21-12-23)6-7-15(16)17(24)22-18(8-9-18)13-4-2-1-3-5-13/h1-7,10-12H,8-9H2,(H,22,24). The fourth-order valence-corrected chi connectivity index (χ4v) is 3.10. The number of hydrogen-bond donors (Lipinski definition) is 1. The normalized spacial score (nSPS) is 15.0. The summed E-state index contributed by atoms with van der Waals surface area (Å²) in [7, 11) is 0. The van der Waals surface area contributed by atoms with Gasteiger partial charge in [0.2, 0.25) is 0 Å². The van der Waals surface area contributed by atoms with Crippen molar-refractivity contribution in [2.24, 2.45) is 0 Å². The van der Waals surface area contributed by atoms with E-state index in [9.17, 15) is 4.79 Å². The van der Waals surface area contributed by atoms with E-state index in [2.05, 4.69) is 15.5 Å². The Balaban J connectivity index is 1.57. The number of nitrogens with one attached hydrogen (secondary N) is 1. The molecule has 5 nitrogen and oxygen atoms in total. The molecule has 1 saturated carbocycles. The van der Waals surface area contributed by atoms with Crippen LogP contribution in [0.1, 0.15) is 28.8 Å². The third-order valence-electron chi connectivity index (χ3n) is 4.34. The van der Waals surface area contributed by atoms with E-state index in [1.807, 2.05) is 36.4 Å². The van der Waals surface area contributed by atoms with Crippen LogP contribution < -0.4 is 5.32 Å². The molecule has 6 heteroatoms. The average molecular weight is 339 g/mol. The lowest BCUT2D eigenvalue weighted by molar-refractivity contribution is 0.0931. The van der Waals surface area contributed by atoms with Gasteiger partial charge < -0.3 is 5.32 Å². The second kappa shape index (κ2) is 5.76. The van der Waals surface area contributed by atoms with Gasteiger partial charge in [-0.15, -0.1) is 10.2 Å². The zero-order valence-electron chi connectivity index (χ0n) is 12.8. The van der Waals surface area contributed by atoms with Gasteiger partial charge in [-0.1, -0.05) is 41.9 Å². The van der Waals surface area contributed by atoms with Gasteiger partial charge in [0.05, 0.1) is 16.1 Å². The Morgan fingerprint density at radius 3 is 2.42 bits per heavy atom. The van der Waals surface area contributed by atoms with Gasteiger partial charge in [0.25, 0.3) is 5.91 Å². The molecule has 0 aliphatic heterocycles. The van der Waals surface area contributed by atoms with Crippen LogP contribution in [-0.4, -0.2) is 20.7 Å². The fraction of sp³-hybridized carbons (Fsp3) is 0.167. The number of amides is 1. The molecule has 0 radical (unpaired) electrons. The van der Waals surface area contributed by atoms with Gasteiger partial charge in [-0.05, 0) is 36.6 Å². The molecule has 2 aromatic carbocycles. The molecule has 120 valence electrons. The summed E-state index contributed by atoms with van der Waals surface area (Å²) in [6, 6.07) is 15.3. The summed E-state index contributed by atoms with van der Waals surface area (Å²) in [5, 5.41) is 11.1. The van der Waals surface area contributed by atoms with Crippen LogP contribution in [0.25, 0.3) is 5.69 Å². The van der Waals surface area contributed by atoms with E-state index >= 15 is 0 Å². The van der Waals surface area contributed by atoms with Crippen LogP contribution in [0.15, 0.2) is 61.2 Å². The molecular formula is C18H15ClN4O. The largest absolute Gasteiger partial charge is 0.342 e. The Hall–Kier alpha value is -2.66. The minimum atomic E-state index is -0.255. The van der Waals surface area contributed by atoms with Crippen molar-refractivity contribution in [1.29, 1.82) is 0 Å². The smallest absolute Gasteiger partial charge is 0.253 e. The molecule has 0 bridgehead atoms. The number of rotatable bonds is 4. The molecule has 0 spiro atoms. The van der Waals surface area contributed by atoms with E-state index in [-0.39, 0.29) is 11.4 Å². The molecule has 1 amide bonds. The van der Waals surface area contributed by atoms with Crippen LogP contribution in [0.3, 0.4) is 0 Å². The lowest BCUT2D eigenvalue weighted by Crippen LogP contribution is -2.35. The Bertz CT molecular complexity index is 873. The average Bonchev–Trinajstić information content (AvgIpc) is 3.17. The number of carbonyl (C=O) groups is 1. The summed E-state index contributed by atoms with van der Waals surface area (Å²) >= 11 is 6.32. The Morgan fingerprint density at radius 1 is 1.08 bits per heavy atom. The quantitative estimate of drug-likeness (QED) is 0.793. The van der Waals surface area contributed by atoms with Crippen molar-refractivity contribution in [1.82, 2.24) is 20.1 Å². The van der Waals surface area contributed by atoms with Crippen molar-refractivity contribution >= 4 is 17.5 Å². The molecule has 1 aliphatic rings. The minimum absolute atomic E-state index is 0.156. The highest BCUT2D eigenvalue weighted by Crippen LogP contribution is 2.45. The minimum Gasteiger partial charge on any atom is -0.342 e. The molecule has 24 heavy (non-hydrogen) atoms. The molecule has 0 atom stereocenters. The van der Waals surface area contributed by atoms with Crippen molar-refractivity contribution in [3.05, 3.63) is 77.3 Å². The maximum Gasteiger partial charge on any atom is 0.253 e. The fourth-order valence-electron chi connectivity index (χ4n) is 2.84. The number of aromatic nitrogens is 3. The molecular weight excluding hydrogens is 324 g/mol. The second-order valence-electron chi connectivity index (χ2n) is 5.94. The van der Waals surface area contributed by atoms with Crippen LogP contribution in [0.2, 0.25) is 5.02 Å². The molecule has 1 aliphatic carbocycles. The predicted octanol–water partition coefficient (Wildman–Crippen LogP) is 3.34. The number of halogens is 1. The zero-order chi connectivity index (χ0) is 16.6. The molecule has 1 aromatic heterocycles. The van der Waals surface area contributed by atoms with Crippen molar-refractivity contribution < 1.29 is 4.79 Å². The first-order valence-corrected chi connectivity index (χ1v) is 8.08.